The molecule has 1 heterocycles. The van der Waals surface area contributed by atoms with Crippen molar-refractivity contribution in [1.82, 2.24) is 15.5 Å². The Balaban J connectivity index is 2.38. The molecule has 2 N–H and O–H groups in total. The van der Waals surface area contributed by atoms with Gasteiger partial charge >= 0.3 is 12.1 Å². The van der Waals surface area contributed by atoms with Crippen molar-refractivity contribution in [3.8, 4) is 11.5 Å². The van der Waals surface area contributed by atoms with Crippen molar-refractivity contribution in [2.24, 2.45) is 0 Å². The minimum absolute atomic E-state index is 0.0262. The molecule has 12 heteroatoms. The van der Waals surface area contributed by atoms with Crippen molar-refractivity contribution in [2.45, 2.75) is 46.3 Å². The van der Waals surface area contributed by atoms with Crippen LogP contribution in [0.4, 0.5) is 10.5 Å². The van der Waals surface area contributed by atoms with Crippen LogP contribution in [0.5, 0.6) is 0 Å². The van der Waals surface area contributed by atoms with Gasteiger partial charge in [0.25, 0.3) is 0 Å². The standard InChI is InChI=1S/C19H26N4O7S/c1-7-23(31(6,27)28)14-9-12(8-13(10-14)17(24)25)16-22-21-15(29-16)11(2)20-18(26)30-19(3,4)5/h8-11H,7H2,1-6H3,(H,20,26)(H,24,25)/t11-/m0/s1. The van der Waals surface area contributed by atoms with Crippen molar-refractivity contribution in [3.05, 3.63) is 29.7 Å². The van der Waals surface area contributed by atoms with Crippen molar-refractivity contribution in [3.63, 3.8) is 0 Å². The Labute approximate surface area is 180 Å². The third-order valence-electron chi connectivity index (χ3n) is 3.93. The van der Waals surface area contributed by atoms with Gasteiger partial charge in [-0.1, -0.05) is 0 Å². The highest BCUT2D eigenvalue weighted by atomic mass is 32.2. The minimum atomic E-state index is -3.63. The third kappa shape index (κ3) is 6.41. The molecule has 0 aliphatic heterocycles. The summed E-state index contributed by atoms with van der Waals surface area (Å²) < 4.78 is 36.0. The van der Waals surface area contributed by atoms with Crippen LogP contribution in [0.15, 0.2) is 22.6 Å². The van der Waals surface area contributed by atoms with Gasteiger partial charge in [-0.3, -0.25) is 4.31 Å². The summed E-state index contributed by atoms with van der Waals surface area (Å²) in [5.74, 6) is -1.20. The molecule has 1 amide bonds. The molecule has 170 valence electrons. The maximum absolute atomic E-state index is 12.1. The molecule has 11 nitrogen and oxygen atoms in total. The fourth-order valence-electron chi connectivity index (χ4n) is 2.68. The van der Waals surface area contributed by atoms with E-state index in [1.54, 1.807) is 34.6 Å². The maximum atomic E-state index is 12.1. The number of carboxylic acids is 1. The number of carboxylic acid groups (broad SMARTS) is 1. The van der Waals surface area contributed by atoms with Crippen molar-refractivity contribution < 1.29 is 32.3 Å². The van der Waals surface area contributed by atoms with Gasteiger partial charge in [0.15, 0.2) is 0 Å². The second-order valence-corrected chi connectivity index (χ2v) is 9.72. The van der Waals surface area contributed by atoms with Crippen LogP contribution in [-0.4, -0.2) is 54.2 Å². The van der Waals surface area contributed by atoms with Crippen LogP contribution in [-0.2, 0) is 14.8 Å². The number of carbonyl (C=O) groups excluding carboxylic acids is 1. The number of ether oxygens (including phenoxy) is 1. The van der Waals surface area contributed by atoms with Crippen molar-refractivity contribution >= 4 is 27.8 Å². The molecule has 2 rings (SSSR count). The van der Waals surface area contributed by atoms with Crippen LogP contribution in [0.25, 0.3) is 11.5 Å². The fourth-order valence-corrected chi connectivity index (χ4v) is 3.64. The topological polar surface area (TPSA) is 152 Å². The molecule has 0 unspecified atom stereocenters. The number of benzene rings is 1. The molecule has 2 aromatic rings. The van der Waals surface area contributed by atoms with E-state index in [2.05, 4.69) is 15.5 Å². The van der Waals surface area contributed by atoms with Crippen LogP contribution in [0.1, 0.15) is 56.9 Å². The average Bonchev–Trinajstić information content (AvgIpc) is 3.09. The molecule has 0 saturated heterocycles. The molecule has 1 aromatic carbocycles. The number of sulfonamides is 1. The van der Waals surface area contributed by atoms with Gasteiger partial charge in [-0.15, -0.1) is 10.2 Å². The molecule has 0 aliphatic carbocycles. The molecular formula is C19H26N4O7S. The molecule has 0 bridgehead atoms. The zero-order valence-electron chi connectivity index (χ0n) is 18.2. The first kappa shape index (κ1) is 24.1. The van der Waals surface area contributed by atoms with E-state index in [1.165, 1.54) is 18.2 Å². The second kappa shape index (κ2) is 8.92. The Hall–Kier alpha value is -3.15. The van der Waals surface area contributed by atoms with E-state index in [0.717, 1.165) is 10.6 Å². The van der Waals surface area contributed by atoms with Gasteiger partial charge < -0.3 is 19.6 Å². The van der Waals surface area contributed by atoms with Gasteiger partial charge in [0.2, 0.25) is 21.8 Å². The largest absolute Gasteiger partial charge is 0.478 e. The van der Waals surface area contributed by atoms with E-state index in [0.29, 0.717) is 0 Å². The molecule has 0 spiro atoms. The lowest BCUT2D eigenvalue weighted by Gasteiger charge is -2.21. The average molecular weight is 455 g/mol. The first-order chi connectivity index (χ1) is 14.2. The molecule has 31 heavy (non-hydrogen) atoms. The highest BCUT2D eigenvalue weighted by Gasteiger charge is 2.23. The zero-order valence-corrected chi connectivity index (χ0v) is 19.0. The summed E-state index contributed by atoms with van der Waals surface area (Å²) in [5, 5.41) is 19.8. The van der Waals surface area contributed by atoms with Gasteiger partial charge in [0.1, 0.15) is 11.6 Å². The maximum Gasteiger partial charge on any atom is 0.408 e. The predicted octanol–water partition coefficient (Wildman–Crippen LogP) is 2.81. The van der Waals surface area contributed by atoms with E-state index >= 15 is 0 Å². The summed E-state index contributed by atoms with van der Waals surface area (Å²) >= 11 is 0. The highest BCUT2D eigenvalue weighted by molar-refractivity contribution is 7.92. The van der Waals surface area contributed by atoms with E-state index in [4.69, 9.17) is 9.15 Å². The van der Waals surface area contributed by atoms with Crippen molar-refractivity contribution in [1.29, 1.82) is 0 Å². The fraction of sp³-hybridized carbons (Fsp3) is 0.474. The smallest absolute Gasteiger partial charge is 0.408 e. The second-order valence-electron chi connectivity index (χ2n) is 7.81. The number of amides is 1. The van der Waals surface area contributed by atoms with Crippen LogP contribution in [0.2, 0.25) is 0 Å². The van der Waals surface area contributed by atoms with E-state index < -0.39 is 33.7 Å². The number of alkyl carbamates (subject to hydrolysis) is 1. The van der Waals surface area contributed by atoms with E-state index in [9.17, 15) is 23.1 Å². The number of nitrogens with one attached hydrogen (secondary N) is 1. The van der Waals surface area contributed by atoms with Gasteiger partial charge in [-0.25, -0.2) is 18.0 Å². The number of rotatable bonds is 7. The first-order valence-corrected chi connectivity index (χ1v) is 11.3. The van der Waals surface area contributed by atoms with Gasteiger partial charge in [0, 0.05) is 12.1 Å². The Morgan fingerprint density at radius 1 is 1.26 bits per heavy atom. The van der Waals surface area contributed by atoms with Gasteiger partial charge in [-0.2, -0.15) is 0 Å². The SMILES string of the molecule is CCN(c1cc(C(=O)O)cc(-c2nnc([C@H](C)NC(=O)OC(C)(C)C)o2)c1)S(C)(=O)=O. The lowest BCUT2D eigenvalue weighted by Crippen LogP contribution is -2.34. The number of nitrogens with zero attached hydrogens (tertiary/aromatic N) is 3. The van der Waals surface area contributed by atoms with Crippen LogP contribution < -0.4 is 9.62 Å². The molecule has 0 saturated carbocycles. The summed E-state index contributed by atoms with van der Waals surface area (Å²) in [6.07, 6.45) is 0.361. The Bertz CT molecular complexity index is 1070. The molecule has 1 atom stereocenters. The molecule has 1 aromatic heterocycles. The summed E-state index contributed by atoms with van der Waals surface area (Å²) in [7, 11) is -3.63. The van der Waals surface area contributed by atoms with Crippen LogP contribution in [0, 0.1) is 0 Å². The van der Waals surface area contributed by atoms with Gasteiger partial charge in [0.05, 0.1) is 17.5 Å². The summed E-state index contributed by atoms with van der Waals surface area (Å²) in [6.45, 7) is 8.53. The molecule has 0 radical (unpaired) electrons. The predicted molar refractivity (Wildman–Crippen MR) is 112 cm³/mol. The Morgan fingerprint density at radius 3 is 2.42 bits per heavy atom. The number of hydrogen-bond acceptors (Lipinski definition) is 8. The lowest BCUT2D eigenvalue weighted by atomic mass is 10.1. The van der Waals surface area contributed by atoms with Crippen molar-refractivity contribution in [2.75, 3.05) is 17.1 Å². The lowest BCUT2D eigenvalue weighted by molar-refractivity contribution is 0.0500. The Kier molecular flexibility index (Phi) is 6.94. The monoisotopic (exact) mass is 454 g/mol. The number of aromatic nitrogens is 2. The summed E-state index contributed by atoms with van der Waals surface area (Å²) in [5.41, 5.74) is -0.448. The number of aromatic carboxylic acids is 1. The summed E-state index contributed by atoms with van der Waals surface area (Å²) in [6, 6.07) is 3.31. The van der Waals surface area contributed by atoms with Crippen LogP contribution in [0.3, 0.4) is 0 Å². The number of carbonyl (C=O) groups is 2. The summed E-state index contributed by atoms with van der Waals surface area (Å²) in [4.78, 5) is 23.5. The minimum Gasteiger partial charge on any atom is -0.478 e. The van der Waals surface area contributed by atoms with E-state index in [-0.39, 0.29) is 35.1 Å². The number of hydrogen-bond donors (Lipinski definition) is 2. The highest BCUT2D eigenvalue weighted by Crippen LogP contribution is 2.28. The molecule has 0 aliphatic rings. The Morgan fingerprint density at radius 2 is 1.90 bits per heavy atom. The third-order valence-corrected chi connectivity index (χ3v) is 5.20. The van der Waals surface area contributed by atoms with Gasteiger partial charge in [-0.05, 0) is 52.8 Å². The molecule has 0 fully saturated rings. The number of anilines is 1. The normalized spacial score (nSPS) is 12.8. The van der Waals surface area contributed by atoms with Crippen LogP contribution >= 0.6 is 0 Å². The van der Waals surface area contributed by atoms with E-state index in [1.807, 2.05) is 0 Å². The zero-order chi connectivity index (χ0) is 23.6. The quantitative estimate of drug-likeness (QED) is 0.643. The first-order valence-electron chi connectivity index (χ1n) is 9.40. The molecular weight excluding hydrogens is 428 g/mol.